The van der Waals surface area contributed by atoms with Crippen molar-refractivity contribution in [1.82, 2.24) is 9.55 Å². The molecule has 172 valence electrons. The summed E-state index contributed by atoms with van der Waals surface area (Å²) in [6.07, 6.45) is 15.5. The van der Waals surface area contributed by atoms with E-state index in [1.165, 1.54) is 6.07 Å². The lowest BCUT2D eigenvalue weighted by Gasteiger charge is -2.20. The summed E-state index contributed by atoms with van der Waals surface area (Å²) >= 11 is 0. The molecule has 0 atom stereocenters. The van der Waals surface area contributed by atoms with Gasteiger partial charge in [0, 0.05) is 17.5 Å². The predicted molar refractivity (Wildman–Crippen MR) is 137 cm³/mol. The molecule has 0 aromatic carbocycles. The third kappa shape index (κ3) is 6.43. The number of allylic oxidation sites excluding steroid dienone is 9. The van der Waals surface area contributed by atoms with Crippen molar-refractivity contribution in [3.8, 4) is 0 Å². The van der Waals surface area contributed by atoms with Crippen LogP contribution in [0.5, 0.6) is 0 Å². The molecule has 0 unspecified atom stereocenters. The van der Waals surface area contributed by atoms with Gasteiger partial charge in [-0.2, -0.15) is 0 Å². The molecule has 33 heavy (non-hydrogen) atoms. The van der Waals surface area contributed by atoms with Crippen LogP contribution in [0.4, 0.5) is 11.6 Å². The Morgan fingerprint density at radius 2 is 2.00 bits per heavy atom. The molecule has 0 spiro atoms. The molecule has 0 aliphatic heterocycles. The number of aliphatic carboxylic acids is 1. The zero-order chi connectivity index (χ0) is 24.4. The van der Waals surface area contributed by atoms with Crippen LogP contribution in [0.15, 0.2) is 84.4 Å². The average molecular weight is 447 g/mol. The largest absolute Gasteiger partial charge is 0.480 e. The van der Waals surface area contributed by atoms with Gasteiger partial charge in [0.15, 0.2) is 11.1 Å². The zero-order valence-corrected chi connectivity index (χ0v) is 19.3. The highest BCUT2D eigenvalue weighted by molar-refractivity contribution is 5.88. The van der Waals surface area contributed by atoms with Gasteiger partial charge >= 0.3 is 5.97 Å². The molecule has 2 rings (SSSR count). The number of carboxylic acids is 1. The first-order valence-corrected chi connectivity index (χ1v) is 10.6. The normalized spacial score (nSPS) is 12.5. The smallest absolute Gasteiger partial charge is 0.322 e. The summed E-state index contributed by atoms with van der Waals surface area (Å²) in [6.45, 7) is 13.0. The molecular formula is C26H30N4O3. The topological polar surface area (TPSA) is 96.2 Å². The van der Waals surface area contributed by atoms with Crippen molar-refractivity contribution < 1.29 is 9.90 Å². The number of pyridine rings is 2. The molecule has 0 saturated carbocycles. The Labute approximate surface area is 193 Å². The van der Waals surface area contributed by atoms with E-state index in [2.05, 4.69) is 28.8 Å². The standard InChI is InChI=1S/C26H30N4O3/c1-6-10-11-14-19(9-4)28-23-16-21(31)25-18(5)15-22(27-17-24(32)33)29-26(25)30(23)20(12-7-2)13-8-3/h6-10,12-16,28H,2,4,11,17H2,1,3,5H3,(H,27,29)(H,32,33)/b10-6-,13-8-,19-14+,20-12+. The summed E-state index contributed by atoms with van der Waals surface area (Å²) in [6, 6.07) is 3.19. The molecular weight excluding hydrogens is 416 g/mol. The molecule has 7 heteroatoms. The van der Waals surface area contributed by atoms with Crippen LogP contribution in [0.25, 0.3) is 16.7 Å². The van der Waals surface area contributed by atoms with Crippen LogP contribution < -0.4 is 16.1 Å². The minimum Gasteiger partial charge on any atom is -0.480 e. The minimum atomic E-state index is -1.01. The van der Waals surface area contributed by atoms with E-state index in [0.29, 0.717) is 34.7 Å². The van der Waals surface area contributed by atoms with Crippen LogP contribution in [0.3, 0.4) is 0 Å². The number of aromatic nitrogens is 2. The van der Waals surface area contributed by atoms with Crippen molar-refractivity contribution in [1.29, 1.82) is 0 Å². The van der Waals surface area contributed by atoms with Crippen molar-refractivity contribution in [2.24, 2.45) is 0 Å². The second kappa shape index (κ2) is 12.0. The number of aryl methyl sites for hydroxylation is 1. The molecule has 0 saturated heterocycles. The monoisotopic (exact) mass is 446 g/mol. The summed E-state index contributed by atoms with van der Waals surface area (Å²) in [5.41, 5.74) is 2.33. The van der Waals surface area contributed by atoms with Gasteiger partial charge in [0.2, 0.25) is 0 Å². The summed E-state index contributed by atoms with van der Waals surface area (Å²) in [5, 5.41) is 15.6. The Morgan fingerprint density at radius 1 is 1.24 bits per heavy atom. The molecule has 0 aliphatic carbocycles. The van der Waals surface area contributed by atoms with E-state index in [1.807, 2.05) is 48.8 Å². The van der Waals surface area contributed by atoms with Crippen molar-refractivity contribution >= 4 is 34.3 Å². The van der Waals surface area contributed by atoms with E-state index in [9.17, 15) is 9.59 Å². The quantitative estimate of drug-likeness (QED) is 0.322. The van der Waals surface area contributed by atoms with E-state index >= 15 is 0 Å². The highest BCUT2D eigenvalue weighted by Gasteiger charge is 2.16. The van der Waals surface area contributed by atoms with Gasteiger partial charge in [0.05, 0.1) is 5.39 Å². The number of hydrogen-bond acceptors (Lipinski definition) is 5. The summed E-state index contributed by atoms with van der Waals surface area (Å²) < 4.78 is 1.81. The maximum Gasteiger partial charge on any atom is 0.322 e. The first kappa shape index (κ1) is 25.1. The first-order chi connectivity index (χ1) is 15.9. The molecule has 7 nitrogen and oxygen atoms in total. The molecule has 0 bridgehead atoms. The summed E-state index contributed by atoms with van der Waals surface area (Å²) in [5.74, 6) is -0.156. The number of fused-ring (bicyclic) bond motifs is 1. The van der Waals surface area contributed by atoms with Crippen LogP contribution in [-0.2, 0) is 4.79 Å². The number of anilines is 2. The van der Waals surface area contributed by atoms with Crippen LogP contribution in [0, 0.1) is 6.92 Å². The summed E-state index contributed by atoms with van der Waals surface area (Å²) in [7, 11) is 0. The molecule has 0 amide bonds. The SMILES string of the molecule is C=C/C=C(\C=C/C)n1c(N/C(C=C)=C/C/C=C\C)cc(=O)c2c(C)cc(NCC(=O)O)nc21. The van der Waals surface area contributed by atoms with E-state index in [-0.39, 0.29) is 12.0 Å². The second-order valence-electron chi connectivity index (χ2n) is 7.12. The third-order valence-electron chi connectivity index (χ3n) is 4.67. The fourth-order valence-corrected chi connectivity index (χ4v) is 3.27. The molecule has 2 heterocycles. The van der Waals surface area contributed by atoms with Gasteiger partial charge in [-0.3, -0.25) is 14.2 Å². The maximum atomic E-state index is 13.1. The van der Waals surface area contributed by atoms with Crippen molar-refractivity contribution in [2.45, 2.75) is 27.2 Å². The first-order valence-electron chi connectivity index (χ1n) is 10.6. The molecule has 0 fully saturated rings. The van der Waals surface area contributed by atoms with Gasteiger partial charge < -0.3 is 15.7 Å². The number of nitrogens with one attached hydrogen (secondary N) is 2. The molecule has 0 aliphatic rings. The Bertz CT molecular complexity index is 1230. The van der Waals surface area contributed by atoms with E-state index in [4.69, 9.17) is 5.11 Å². The number of hydrogen-bond donors (Lipinski definition) is 3. The molecule has 0 radical (unpaired) electrons. The third-order valence-corrected chi connectivity index (χ3v) is 4.67. The Kier molecular flexibility index (Phi) is 9.17. The van der Waals surface area contributed by atoms with Gasteiger partial charge in [-0.25, -0.2) is 4.98 Å². The number of nitrogens with zero attached hydrogens (tertiary/aromatic N) is 2. The fraction of sp³-hybridized carbons (Fsp3) is 0.192. The maximum absolute atomic E-state index is 13.1. The lowest BCUT2D eigenvalue weighted by Crippen LogP contribution is -2.18. The van der Waals surface area contributed by atoms with Crippen LogP contribution >= 0.6 is 0 Å². The number of carboxylic acid groups (broad SMARTS) is 1. The van der Waals surface area contributed by atoms with Crippen LogP contribution in [0.2, 0.25) is 0 Å². The highest BCUT2D eigenvalue weighted by atomic mass is 16.4. The molecule has 2 aromatic rings. The van der Waals surface area contributed by atoms with E-state index in [1.54, 1.807) is 31.2 Å². The fourth-order valence-electron chi connectivity index (χ4n) is 3.27. The predicted octanol–water partition coefficient (Wildman–Crippen LogP) is 5.25. The Hall–Kier alpha value is -4.13. The van der Waals surface area contributed by atoms with Gasteiger partial charge in [-0.05, 0) is 57.0 Å². The Morgan fingerprint density at radius 3 is 2.61 bits per heavy atom. The lowest BCUT2D eigenvalue weighted by molar-refractivity contribution is -0.134. The number of rotatable bonds is 11. The minimum absolute atomic E-state index is 0.200. The zero-order valence-electron chi connectivity index (χ0n) is 19.3. The van der Waals surface area contributed by atoms with Crippen molar-refractivity contribution in [3.63, 3.8) is 0 Å². The molecule has 2 aromatic heterocycles. The van der Waals surface area contributed by atoms with Gasteiger partial charge in [-0.15, -0.1) is 0 Å². The van der Waals surface area contributed by atoms with Gasteiger partial charge in [0.25, 0.3) is 0 Å². The van der Waals surface area contributed by atoms with E-state index in [0.717, 1.165) is 11.4 Å². The highest BCUT2D eigenvalue weighted by Crippen LogP contribution is 2.26. The molecule has 3 N–H and O–H groups in total. The average Bonchev–Trinajstić information content (AvgIpc) is 2.76. The van der Waals surface area contributed by atoms with Crippen LogP contribution in [-0.4, -0.2) is 27.2 Å². The van der Waals surface area contributed by atoms with E-state index < -0.39 is 5.97 Å². The van der Waals surface area contributed by atoms with Crippen molar-refractivity contribution in [3.05, 3.63) is 95.4 Å². The van der Waals surface area contributed by atoms with Crippen molar-refractivity contribution in [2.75, 3.05) is 17.2 Å². The second-order valence-corrected chi connectivity index (χ2v) is 7.12. The Balaban J connectivity index is 2.87. The number of carbonyl (C=O) groups is 1. The van der Waals surface area contributed by atoms with Gasteiger partial charge in [0.1, 0.15) is 18.2 Å². The lowest BCUT2D eigenvalue weighted by atomic mass is 10.1. The van der Waals surface area contributed by atoms with Gasteiger partial charge in [-0.1, -0.05) is 43.5 Å². The van der Waals surface area contributed by atoms with Crippen LogP contribution in [0.1, 0.15) is 25.8 Å². The summed E-state index contributed by atoms with van der Waals surface area (Å²) in [4.78, 5) is 28.7.